The second-order valence-electron chi connectivity index (χ2n) is 4.11. The number of imide groups is 2. The van der Waals surface area contributed by atoms with Gasteiger partial charge in [0.15, 0.2) is 0 Å². The molecule has 1 heterocycles. The quantitative estimate of drug-likeness (QED) is 0.761. The number of carbonyl (C=O) groups is 3. The largest absolute Gasteiger partial charge is 0.389 e. The lowest BCUT2D eigenvalue weighted by molar-refractivity contribution is -0.140. The van der Waals surface area contributed by atoms with E-state index >= 15 is 0 Å². The Morgan fingerprint density at radius 2 is 1.83 bits per heavy atom. The summed E-state index contributed by atoms with van der Waals surface area (Å²) in [7, 11) is 0. The number of hydrogen-bond donors (Lipinski definition) is 0. The average Bonchev–Trinajstić information content (AvgIpc) is 2.51. The van der Waals surface area contributed by atoms with Crippen LogP contribution < -0.4 is 0 Å². The standard InChI is InChI=1S/C10H13F3N2O3/c1-6(16)14-5-8(3-4-10(11,12)13)15(7(2)17)9(14)18/h8H,3-5H2,1-2H3. The number of halogens is 3. The van der Waals surface area contributed by atoms with Crippen molar-refractivity contribution in [1.82, 2.24) is 9.80 Å². The summed E-state index contributed by atoms with van der Waals surface area (Å²) in [6, 6.07) is -1.75. The van der Waals surface area contributed by atoms with Gasteiger partial charge in [-0.15, -0.1) is 0 Å². The van der Waals surface area contributed by atoms with Crippen molar-refractivity contribution in [2.24, 2.45) is 0 Å². The minimum absolute atomic E-state index is 0.177. The fourth-order valence-electron chi connectivity index (χ4n) is 1.86. The molecule has 0 aromatic heterocycles. The van der Waals surface area contributed by atoms with Crippen LogP contribution in [0.1, 0.15) is 26.7 Å². The molecule has 5 nitrogen and oxygen atoms in total. The predicted molar refractivity (Wildman–Crippen MR) is 54.4 cm³/mol. The maximum atomic E-state index is 12.1. The van der Waals surface area contributed by atoms with E-state index in [4.69, 9.17) is 0 Å². The second kappa shape index (κ2) is 4.95. The first-order chi connectivity index (χ1) is 8.13. The van der Waals surface area contributed by atoms with E-state index in [9.17, 15) is 27.6 Å². The van der Waals surface area contributed by atoms with Gasteiger partial charge >= 0.3 is 12.2 Å². The Kier molecular flexibility index (Phi) is 3.98. The Morgan fingerprint density at radius 3 is 2.22 bits per heavy atom. The minimum atomic E-state index is -4.35. The monoisotopic (exact) mass is 266 g/mol. The van der Waals surface area contributed by atoms with Crippen molar-refractivity contribution in [2.75, 3.05) is 6.54 Å². The number of hydrogen-bond acceptors (Lipinski definition) is 3. The molecule has 0 spiro atoms. The molecular weight excluding hydrogens is 253 g/mol. The highest BCUT2D eigenvalue weighted by atomic mass is 19.4. The fourth-order valence-corrected chi connectivity index (χ4v) is 1.86. The van der Waals surface area contributed by atoms with E-state index in [1.54, 1.807) is 0 Å². The van der Waals surface area contributed by atoms with Gasteiger partial charge < -0.3 is 0 Å². The zero-order chi connectivity index (χ0) is 14.1. The lowest BCUT2D eigenvalue weighted by atomic mass is 10.1. The molecule has 0 aromatic rings. The molecule has 1 aliphatic heterocycles. The summed E-state index contributed by atoms with van der Waals surface area (Å²) in [5.74, 6) is -1.24. The van der Waals surface area contributed by atoms with Crippen molar-refractivity contribution in [1.29, 1.82) is 0 Å². The topological polar surface area (TPSA) is 57.7 Å². The average molecular weight is 266 g/mol. The number of amides is 4. The molecule has 0 radical (unpaired) electrons. The lowest BCUT2D eigenvalue weighted by Gasteiger charge is -2.19. The van der Waals surface area contributed by atoms with Gasteiger partial charge in [0.25, 0.3) is 0 Å². The van der Waals surface area contributed by atoms with Gasteiger partial charge in [-0.05, 0) is 6.42 Å². The molecular formula is C10H13F3N2O3. The van der Waals surface area contributed by atoms with Gasteiger partial charge in [0, 0.05) is 20.3 Å². The van der Waals surface area contributed by atoms with Crippen molar-refractivity contribution in [2.45, 2.75) is 38.9 Å². The molecule has 1 atom stereocenters. The summed E-state index contributed by atoms with van der Waals surface area (Å²) >= 11 is 0. The predicted octanol–water partition coefficient (Wildman–Crippen LogP) is 1.53. The van der Waals surface area contributed by atoms with Gasteiger partial charge in [-0.2, -0.15) is 13.2 Å². The molecule has 1 aliphatic rings. The van der Waals surface area contributed by atoms with Crippen LogP contribution in [-0.2, 0) is 9.59 Å². The minimum Gasteiger partial charge on any atom is -0.275 e. The van der Waals surface area contributed by atoms with Crippen LogP contribution in [0.3, 0.4) is 0 Å². The summed E-state index contributed by atoms with van der Waals surface area (Å²) < 4.78 is 36.4. The lowest BCUT2D eigenvalue weighted by Crippen LogP contribution is -2.39. The summed E-state index contributed by atoms with van der Waals surface area (Å²) in [5.41, 5.74) is 0. The molecule has 102 valence electrons. The molecule has 8 heteroatoms. The van der Waals surface area contributed by atoms with E-state index in [2.05, 4.69) is 0 Å². The number of rotatable bonds is 2. The maximum Gasteiger partial charge on any atom is 0.389 e. The highest BCUT2D eigenvalue weighted by Crippen LogP contribution is 2.27. The van der Waals surface area contributed by atoms with Crippen molar-refractivity contribution in [3.05, 3.63) is 0 Å². The highest BCUT2D eigenvalue weighted by Gasteiger charge is 2.43. The van der Waals surface area contributed by atoms with Gasteiger partial charge in [-0.25, -0.2) is 4.79 Å². The van der Waals surface area contributed by atoms with Crippen LogP contribution >= 0.6 is 0 Å². The van der Waals surface area contributed by atoms with Crippen molar-refractivity contribution >= 4 is 17.8 Å². The Labute approximate surface area is 102 Å². The second-order valence-corrected chi connectivity index (χ2v) is 4.11. The van der Waals surface area contributed by atoms with Crippen LogP contribution in [0.25, 0.3) is 0 Å². The number of nitrogens with zero attached hydrogens (tertiary/aromatic N) is 2. The maximum absolute atomic E-state index is 12.1. The third-order valence-corrected chi connectivity index (χ3v) is 2.68. The zero-order valence-electron chi connectivity index (χ0n) is 9.95. The molecule has 0 N–H and O–H groups in total. The van der Waals surface area contributed by atoms with Crippen molar-refractivity contribution < 1.29 is 27.6 Å². The van der Waals surface area contributed by atoms with E-state index in [-0.39, 0.29) is 6.54 Å². The van der Waals surface area contributed by atoms with Gasteiger partial charge in [0.05, 0.1) is 12.6 Å². The van der Waals surface area contributed by atoms with E-state index < -0.39 is 42.9 Å². The molecule has 4 amide bonds. The summed E-state index contributed by atoms with van der Waals surface area (Å²) in [6.45, 7) is 2.04. The van der Waals surface area contributed by atoms with Crippen molar-refractivity contribution in [3.8, 4) is 0 Å². The molecule has 18 heavy (non-hydrogen) atoms. The summed E-state index contributed by atoms with van der Waals surface area (Å²) in [4.78, 5) is 35.5. The number of alkyl halides is 3. The molecule has 0 bridgehead atoms. The molecule has 0 aromatic carbocycles. The first-order valence-corrected chi connectivity index (χ1v) is 5.32. The van der Waals surface area contributed by atoms with Crippen LogP contribution in [0.5, 0.6) is 0 Å². The summed E-state index contributed by atoms with van der Waals surface area (Å²) in [5, 5.41) is 0. The van der Waals surface area contributed by atoms with Gasteiger partial charge in [0.2, 0.25) is 11.8 Å². The molecule has 1 saturated heterocycles. The Bertz CT molecular complexity index is 381. The fraction of sp³-hybridized carbons (Fsp3) is 0.700. The first kappa shape index (κ1) is 14.5. The summed E-state index contributed by atoms with van der Waals surface area (Å²) in [6.07, 6.45) is -5.84. The molecule has 1 fully saturated rings. The van der Waals surface area contributed by atoms with E-state index in [1.807, 2.05) is 0 Å². The van der Waals surface area contributed by atoms with Crippen LogP contribution in [-0.4, -0.2) is 46.4 Å². The van der Waals surface area contributed by atoms with Gasteiger partial charge in [-0.3, -0.25) is 19.4 Å². The molecule has 1 rings (SSSR count). The SMILES string of the molecule is CC(=O)N1CC(CCC(F)(F)F)N(C(C)=O)C1=O. The van der Waals surface area contributed by atoms with Crippen LogP contribution in [0, 0.1) is 0 Å². The third kappa shape index (κ3) is 3.21. The van der Waals surface area contributed by atoms with Crippen LogP contribution in [0.2, 0.25) is 0 Å². The molecule has 0 saturated carbocycles. The number of carbonyl (C=O) groups excluding carboxylic acids is 3. The smallest absolute Gasteiger partial charge is 0.275 e. The van der Waals surface area contributed by atoms with Crippen LogP contribution in [0.15, 0.2) is 0 Å². The Balaban J connectivity index is 2.80. The first-order valence-electron chi connectivity index (χ1n) is 5.32. The Morgan fingerprint density at radius 1 is 1.28 bits per heavy atom. The van der Waals surface area contributed by atoms with Crippen molar-refractivity contribution in [3.63, 3.8) is 0 Å². The number of urea groups is 1. The van der Waals surface area contributed by atoms with E-state index in [0.717, 1.165) is 18.7 Å². The van der Waals surface area contributed by atoms with Gasteiger partial charge in [-0.1, -0.05) is 0 Å². The molecule has 0 aliphatic carbocycles. The normalized spacial score (nSPS) is 20.5. The van der Waals surface area contributed by atoms with E-state index in [0.29, 0.717) is 4.90 Å². The molecule has 1 unspecified atom stereocenters. The van der Waals surface area contributed by atoms with Gasteiger partial charge in [0.1, 0.15) is 0 Å². The zero-order valence-corrected chi connectivity index (χ0v) is 9.95. The Hall–Kier alpha value is -1.60. The highest BCUT2D eigenvalue weighted by molar-refractivity contribution is 6.03. The van der Waals surface area contributed by atoms with Crippen LogP contribution in [0.4, 0.5) is 18.0 Å². The third-order valence-electron chi connectivity index (χ3n) is 2.68. The van der Waals surface area contributed by atoms with E-state index in [1.165, 1.54) is 0 Å².